The van der Waals surface area contributed by atoms with E-state index in [2.05, 4.69) is 19.9 Å². The van der Waals surface area contributed by atoms with Gasteiger partial charge in [0.05, 0.1) is 19.6 Å². The van der Waals surface area contributed by atoms with Gasteiger partial charge in [-0.3, -0.25) is 9.79 Å². The average Bonchev–Trinajstić information content (AvgIpc) is 3.19. The van der Waals surface area contributed by atoms with Crippen LogP contribution in [0.4, 0.5) is 0 Å². The largest absolute Gasteiger partial charge is 0.469 e. The number of nitrogens with zero attached hydrogens (tertiary/aromatic N) is 2. The van der Waals surface area contributed by atoms with Crippen LogP contribution in [0.25, 0.3) is 0 Å². The Morgan fingerprint density at radius 3 is 2.67 bits per heavy atom. The number of methoxy groups -OCH3 is 1. The van der Waals surface area contributed by atoms with Crippen molar-refractivity contribution in [2.75, 3.05) is 39.8 Å². The summed E-state index contributed by atoms with van der Waals surface area (Å²) in [4.78, 5) is 18.2. The van der Waals surface area contributed by atoms with Gasteiger partial charge in [-0.15, -0.1) is 35.3 Å². The van der Waals surface area contributed by atoms with Crippen LogP contribution in [-0.4, -0.2) is 65.1 Å². The van der Waals surface area contributed by atoms with E-state index in [-0.39, 0.29) is 42.4 Å². The molecule has 2 rings (SSSR count). The second-order valence-corrected chi connectivity index (χ2v) is 8.79. The number of rotatable bonds is 7. The summed E-state index contributed by atoms with van der Waals surface area (Å²) in [7, 11) is -2.04. The standard InChI is InChI=1S/C16H26N4O4S2.HI/c1-3-17-16(20-10-6-13(7-11-20)15(21)24-2)18-8-9-19-26(22,23)14-5-4-12-25-14;/h4-5,12-13,19H,3,6-11H2,1-2H3,(H,17,18);1H. The first-order valence-corrected chi connectivity index (χ1v) is 11.0. The Morgan fingerprint density at radius 2 is 2.11 bits per heavy atom. The summed E-state index contributed by atoms with van der Waals surface area (Å²) in [5, 5.41) is 4.95. The maximum absolute atomic E-state index is 12.1. The van der Waals surface area contributed by atoms with Crippen molar-refractivity contribution in [2.24, 2.45) is 10.9 Å². The summed E-state index contributed by atoms with van der Waals surface area (Å²) < 4.78 is 31.8. The number of halogens is 1. The monoisotopic (exact) mass is 530 g/mol. The lowest BCUT2D eigenvalue weighted by Gasteiger charge is -2.33. The number of sulfonamides is 1. The van der Waals surface area contributed by atoms with Crippen molar-refractivity contribution >= 4 is 57.3 Å². The molecule has 2 N–H and O–H groups in total. The minimum absolute atomic E-state index is 0. The normalized spacial score (nSPS) is 15.9. The zero-order valence-corrected chi connectivity index (χ0v) is 19.5. The van der Waals surface area contributed by atoms with Crippen LogP contribution in [0.15, 0.2) is 26.7 Å². The molecule has 1 saturated heterocycles. The summed E-state index contributed by atoms with van der Waals surface area (Å²) in [6.07, 6.45) is 1.45. The van der Waals surface area contributed by atoms with E-state index in [1.165, 1.54) is 18.4 Å². The molecule has 27 heavy (non-hydrogen) atoms. The van der Waals surface area contributed by atoms with Crippen molar-refractivity contribution in [3.63, 3.8) is 0 Å². The fourth-order valence-electron chi connectivity index (χ4n) is 2.75. The molecule has 0 amide bonds. The van der Waals surface area contributed by atoms with E-state index >= 15 is 0 Å². The lowest BCUT2D eigenvalue weighted by atomic mass is 9.97. The highest BCUT2D eigenvalue weighted by Crippen LogP contribution is 2.18. The highest BCUT2D eigenvalue weighted by atomic mass is 127. The summed E-state index contributed by atoms with van der Waals surface area (Å²) in [5.41, 5.74) is 0. The fraction of sp³-hybridized carbons (Fsp3) is 0.625. The number of hydrogen-bond donors (Lipinski definition) is 2. The number of nitrogens with one attached hydrogen (secondary N) is 2. The van der Waals surface area contributed by atoms with Crippen LogP contribution in [0, 0.1) is 5.92 Å². The van der Waals surface area contributed by atoms with Gasteiger partial charge in [0.1, 0.15) is 4.21 Å². The predicted octanol–water partition coefficient (Wildman–Crippen LogP) is 1.49. The van der Waals surface area contributed by atoms with E-state index in [4.69, 9.17) is 4.74 Å². The van der Waals surface area contributed by atoms with Gasteiger partial charge >= 0.3 is 5.97 Å². The number of ether oxygens (including phenoxy) is 1. The van der Waals surface area contributed by atoms with Gasteiger partial charge in [-0.2, -0.15) is 0 Å². The molecule has 0 radical (unpaired) electrons. The molecule has 0 atom stereocenters. The minimum Gasteiger partial charge on any atom is -0.469 e. The van der Waals surface area contributed by atoms with E-state index in [1.54, 1.807) is 17.5 Å². The third kappa shape index (κ3) is 7.20. The van der Waals surface area contributed by atoms with Gasteiger partial charge in [0.2, 0.25) is 10.0 Å². The molecule has 0 aliphatic carbocycles. The van der Waals surface area contributed by atoms with Crippen molar-refractivity contribution in [3.05, 3.63) is 17.5 Å². The van der Waals surface area contributed by atoms with Crippen molar-refractivity contribution in [3.8, 4) is 0 Å². The second kappa shape index (κ2) is 11.8. The quantitative estimate of drug-likeness (QED) is 0.182. The number of piperidine rings is 1. The molecule has 1 aromatic heterocycles. The molecule has 1 fully saturated rings. The smallest absolute Gasteiger partial charge is 0.308 e. The molecule has 11 heteroatoms. The van der Waals surface area contributed by atoms with E-state index in [0.29, 0.717) is 23.8 Å². The van der Waals surface area contributed by atoms with Crippen molar-refractivity contribution in [1.82, 2.24) is 14.9 Å². The van der Waals surface area contributed by atoms with Crippen LogP contribution >= 0.6 is 35.3 Å². The molecule has 2 heterocycles. The third-order valence-electron chi connectivity index (χ3n) is 4.09. The number of hydrogen-bond acceptors (Lipinski definition) is 6. The summed E-state index contributed by atoms with van der Waals surface area (Å²) in [6.45, 7) is 4.70. The number of carbonyl (C=O) groups is 1. The molecule has 0 bridgehead atoms. The van der Waals surface area contributed by atoms with Crippen LogP contribution < -0.4 is 10.0 Å². The Morgan fingerprint density at radius 1 is 1.41 bits per heavy atom. The van der Waals surface area contributed by atoms with Crippen molar-refractivity contribution in [1.29, 1.82) is 0 Å². The van der Waals surface area contributed by atoms with E-state index in [0.717, 1.165) is 25.3 Å². The molecule has 0 aromatic carbocycles. The number of aliphatic imine (C=N–C) groups is 1. The van der Waals surface area contributed by atoms with Crippen LogP contribution in [0.5, 0.6) is 0 Å². The number of esters is 1. The second-order valence-electron chi connectivity index (χ2n) is 5.85. The van der Waals surface area contributed by atoms with E-state index in [9.17, 15) is 13.2 Å². The molecule has 1 aliphatic heterocycles. The maximum Gasteiger partial charge on any atom is 0.308 e. The highest BCUT2D eigenvalue weighted by molar-refractivity contribution is 14.0. The number of thiophene rings is 1. The van der Waals surface area contributed by atoms with Crippen molar-refractivity contribution in [2.45, 2.75) is 24.0 Å². The molecule has 8 nitrogen and oxygen atoms in total. The van der Waals surface area contributed by atoms with Crippen LogP contribution in [0.1, 0.15) is 19.8 Å². The zero-order valence-electron chi connectivity index (χ0n) is 15.5. The highest BCUT2D eigenvalue weighted by Gasteiger charge is 2.26. The summed E-state index contributed by atoms with van der Waals surface area (Å²) >= 11 is 1.18. The van der Waals surface area contributed by atoms with Crippen molar-refractivity contribution < 1.29 is 17.9 Å². The number of likely N-dealkylation sites (tertiary alicyclic amines) is 1. The molecule has 0 spiro atoms. The summed E-state index contributed by atoms with van der Waals surface area (Å²) in [6, 6.07) is 3.28. The molecule has 0 saturated carbocycles. The third-order valence-corrected chi connectivity index (χ3v) is 6.95. The predicted molar refractivity (Wildman–Crippen MR) is 117 cm³/mol. The SMILES string of the molecule is CCNC(=NCCNS(=O)(=O)c1cccs1)N1CCC(C(=O)OC)CC1.I. The Hall–Kier alpha value is -0.920. The number of guanidine groups is 1. The Labute approximate surface area is 181 Å². The Balaban J connectivity index is 0.00000364. The van der Waals surface area contributed by atoms with Gasteiger partial charge in [-0.1, -0.05) is 6.07 Å². The first-order chi connectivity index (χ1) is 12.5. The average molecular weight is 530 g/mol. The molecule has 1 aromatic rings. The van der Waals surface area contributed by atoms with Crippen LogP contribution in [0.3, 0.4) is 0 Å². The maximum atomic E-state index is 12.1. The first-order valence-electron chi connectivity index (χ1n) is 8.62. The van der Waals surface area contributed by atoms with Crippen LogP contribution in [0.2, 0.25) is 0 Å². The first kappa shape index (κ1) is 24.1. The Bertz CT molecular complexity index is 702. The molecule has 1 aliphatic rings. The molecule has 154 valence electrons. The Kier molecular flexibility index (Phi) is 10.6. The lowest BCUT2D eigenvalue weighted by Crippen LogP contribution is -2.47. The summed E-state index contributed by atoms with van der Waals surface area (Å²) in [5.74, 6) is 0.525. The van der Waals surface area contributed by atoms with Gasteiger partial charge in [-0.25, -0.2) is 13.1 Å². The molecular formula is C16H27IN4O4S2. The van der Waals surface area contributed by atoms with Gasteiger partial charge in [-0.05, 0) is 31.2 Å². The van der Waals surface area contributed by atoms with Gasteiger partial charge in [0, 0.05) is 26.2 Å². The van der Waals surface area contributed by atoms with Gasteiger partial charge < -0.3 is 15.0 Å². The number of carbonyl (C=O) groups excluding carboxylic acids is 1. The molecule has 0 unspecified atom stereocenters. The van der Waals surface area contributed by atoms with E-state index < -0.39 is 10.0 Å². The minimum atomic E-state index is -3.46. The topological polar surface area (TPSA) is 100 Å². The van der Waals surface area contributed by atoms with Crippen LogP contribution in [-0.2, 0) is 19.6 Å². The molecular weight excluding hydrogens is 503 g/mol. The van der Waals surface area contributed by atoms with Gasteiger partial charge in [0.25, 0.3) is 0 Å². The fourth-order valence-corrected chi connectivity index (χ4v) is 4.81. The lowest BCUT2D eigenvalue weighted by molar-refractivity contribution is -0.146. The van der Waals surface area contributed by atoms with Gasteiger partial charge in [0.15, 0.2) is 5.96 Å². The van der Waals surface area contributed by atoms with E-state index in [1.807, 2.05) is 6.92 Å². The zero-order chi connectivity index (χ0) is 19.0.